The number of hydrogen-bond donors (Lipinski definition) is 2. The smallest absolute Gasteiger partial charge is 0.341 e. The maximum atomic E-state index is 12.6. The van der Waals surface area contributed by atoms with Gasteiger partial charge in [-0.3, -0.25) is 10.1 Å². The van der Waals surface area contributed by atoms with E-state index in [4.69, 9.17) is 4.74 Å². The minimum Gasteiger partial charge on any atom is -0.465 e. The van der Waals surface area contributed by atoms with Crippen LogP contribution in [-0.2, 0) is 9.53 Å². The summed E-state index contributed by atoms with van der Waals surface area (Å²) in [4.78, 5) is 26.8. The third-order valence-corrected chi connectivity index (χ3v) is 6.51. The average Bonchev–Trinajstić information content (AvgIpc) is 3.31. The molecule has 28 heavy (non-hydrogen) atoms. The van der Waals surface area contributed by atoms with Crippen LogP contribution in [0.4, 0.5) is 5.00 Å². The van der Waals surface area contributed by atoms with Gasteiger partial charge in [0.15, 0.2) is 0 Å². The van der Waals surface area contributed by atoms with Crippen molar-refractivity contribution in [3.8, 4) is 0 Å². The Kier molecular flexibility index (Phi) is 6.61. The molecule has 3 rings (SSSR count). The summed E-state index contributed by atoms with van der Waals surface area (Å²) in [5, 5.41) is 8.74. The summed E-state index contributed by atoms with van der Waals surface area (Å²) in [6.07, 6.45) is 0. The van der Waals surface area contributed by atoms with Crippen LogP contribution in [0.1, 0.15) is 37.3 Å². The molecule has 146 valence electrons. The zero-order chi connectivity index (χ0) is 20.1. The maximum Gasteiger partial charge on any atom is 0.341 e. The lowest BCUT2D eigenvalue weighted by molar-refractivity contribution is -0.115. The lowest BCUT2D eigenvalue weighted by Crippen LogP contribution is -2.31. The van der Waals surface area contributed by atoms with Gasteiger partial charge in [0.1, 0.15) is 5.00 Å². The van der Waals surface area contributed by atoms with Gasteiger partial charge in [0.25, 0.3) is 0 Å². The number of aryl methyl sites for hydroxylation is 1. The fraction of sp³-hybridized carbons (Fsp3) is 0.238. The molecule has 0 radical (unpaired) electrons. The molecule has 2 aromatic heterocycles. The number of esters is 1. The molecule has 0 unspecified atom stereocenters. The van der Waals surface area contributed by atoms with Gasteiger partial charge in [-0.15, -0.1) is 22.7 Å². The first-order valence-electron chi connectivity index (χ1n) is 8.81. The van der Waals surface area contributed by atoms with Gasteiger partial charge in [0.2, 0.25) is 5.91 Å². The summed E-state index contributed by atoms with van der Waals surface area (Å²) in [5.74, 6) is -0.644. The Bertz CT molecular complexity index is 950. The zero-order valence-corrected chi connectivity index (χ0v) is 17.6. The SMILES string of the molecule is COC(=O)c1c(NC(=O)CN[C@H](c2ccccc2)c2cccs2)sc(C)c1C. The van der Waals surface area contributed by atoms with Crippen molar-refractivity contribution in [2.45, 2.75) is 19.9 Å². The third kappa shape index (κ3) is 4.49. The topological polar surface area (TPSA) is 67.4 Å². The molecule has 1 amide bonds. The summed E-state index contributed by atoms with van der Waals surface area (Å²) in [6, 6.07) is 14.0. The predicted octanol–water partition coefficient (Wildman–Crippen LogP) is 4.53. The van der Waals surface area contributed by atoms with Crippen molar-refractivity contribution in [3.63, 3.8) is 0 Å². The minimum atomic E-state index is -0.439. The van der Waals surface area contributed by atoms with Gasteiger partial charge >= 0.3 is 5.97 Å². The number of anilines is 1. The number of nitrogens with one attached hydrogen (secondary N) is 2. The minimum absolute atomic E-state index is 0.0705. The molecule has 0 aliphatic rings. The molecule has 0 saturated heterocycles. The first-order valence-corrected chi connectivity index (χ1v) is 10.5. The van der Waals surface area contributed by atoms with Crippen molar-refractivity contribution < 1.29 is 14.3 Å². The summed E-state index contributed by atoms with van der Waals surface area (Å²) in [6.45, 7) is 3.89. The lowest BCUT2D eigenvalue weighted by Gasteiger charge is -2.18. The van der Waals surface area contributed by atoms with E-state index < -0.39 is 5.97 Å². The van der Waals surface area contributed by atoms with Crippen LogP contribution < -0.4 is 10.6 Å². The molecule has 0 spiro atoms. The molecule has 0 aliphatic heterocycles. The molecule has 2 N–H and O–H groups in total. The molecule has 0 bridgehead atoms. The molecular formula is C21H22N2O3S2. The largest absolute Gasteiger partial charge is 0.465 e. The van der Waals surface area contributed by atoms with Crippen LogP contribution in [0.25, 0.3) is 0 Å². The van der Waals surface area contributed by atoms with Crippen LogP contribution in [0.5, 0.6) is 0 Å². The first kappa shape index (κ1) is 20.3. The number of hydrogen-bond acceptors (Lipinski definition) is 6. The number of methoxy groups -OCH3 is 1. The van der Waals surface area contributed by atoms with Crippen molar-refractivity contribution in [2.75, 3.05) is 19.0 Å². The molecule has 5 nitrogen and oxygen atoms in total. The van der Waals surface area contributed by atoms with E-state index in [-0.39, 0.29) is 18.5 Å². The quantitative estimate of drug-likeness (QED) is 0.558. The Balaban J connectivity index is 1.73. The van der Waals surface area contributed by atoms with Gasteiger partial charge in [-0.25, -0.2) is 4.79 Å². The van der Waals surface area contributed by atoms with E-state index >= 15 is 0 Å². The number of rotatable bonds is 7. The highest BCUT2D eigenvalue weighted by molar-refractivity contribution is 7.16. The van der Waals surface area contributed by atoms with Crippen LogP contribution in [0.3, 0.4) is 0 Å². The average molecular weight is 415 g/mol. The van der Waals surface area contributed by atoms with Crippen molar-refractivity contribution in [1.29, 1.82) is 0 Å². The van der Waals surface area contributed by atoms with E-state index in [9.17, 15) is 9.59 Å². The fourth-order valence-electron chi connectivity index (χ4n) is 2.91. The van der Waals surface area contributed by atoms with E-state index in [1.54, 1.807) is 11.3 Å². The highest BCUT2D eigenvalue weighted by Gasteiger charge is 2.22. The van der Waals surface area contributed by atoms with Crippen LogP contribution in [0, 0.1) is 13.8 Å². The number of carbonyl (C=O) groups excluding carboxylic acids is 2. The first-order chi connectivity index (χ1) is 13.5. The summed E-state index contributed by atoms with van der Waals surface area (Å²) >= 11 is 3.03. The van der Waals surface area contributed by atoms with Gasteiger partial charge in [-0.1, -0.05) is 36.4 Å². The van der Waals surface area contributed by atoms with Gasteiger partial charge in [0.05, 0.1) is 25.3 Å². The van der Waals surface area contributed by atoms with Crippen molar-refractivity contribution in [1.82, 2.24) is 5.32 Å². The molecule has 7 heteroatoms. The lowest BCUT2D eigenvalue weighted by atomic mass is 10.1. The highest BCUT2D eigenvalue weighted by atomic mass is 32.1. The Morgan fingerprint density at radius 2 is 1.86 bits per heavy atom. The standard InChI is InChI=1S/C21H22N2O3S2/c1-13-14(2)28-20(18(13)21(25)26-3)23-17(24)12-22-19(16-10-7-11-27-16)15-8-5-4-6-9-15/h4-11,19,22H,12H2,1-3H3,(H,23,24)/t19-/m1/s1. The van der Waals surface area contributed by atoms with E-state index in [0.29, 0.717) is 10.6 Å². The molecule has 3 aromatic rings. The number of amides is 1. The summed E-state index contributed by atoms with van der Waals surface area (Å²) < 4.78 is 4.86. The molecule has 0 aliphatic carbocycles. The van der Waals surface area contributed by atoms with Gasteiger partial charge in [-0.05, 0) is 36.4 Å². The monoisotopic (exact) mass is 414 g/mol. The van der Waals surface area contributed by atoms with Gasteiger partial charge in [-0.2, -0.15) is 0 Å². The van der Waals surface area contributed by atoms with Gasteiger partial charge in [0, 0.05) is 9.75 Å². The Morgan fingerprint density at radius 3 is 2.50 bits per heavy atom. The molecule has 1 aromatic carbocycles. The van der Waals surface area contributed by atoms with Crippen molar-refractivity contribution in [2.24, 2.45) is 0 Å². The number of thiophene rings is 2. The number of benzene rings is 1. The van der Waals surface area contributed by atoms with Crippen LogP contribution >= 0.6 is 22.7 Å². The van der Waals surface area contributed by atoms with Crippen molar-refractivity contribution in [3.05, 3.63) is 74.3 Å². The maximum absolute atomic E-state index is 12.6. The zero-order valence-electron chi connectivity index (χ0n) is 15.9. The summed E-state index contributed by atoms with van der Waals surface area (Å²) in [5.41, 5.74) is 2.35. The van der Waals surface area contributed by atoms with E-state index in [1.165, 1.54) is 18.4 Å². The normalized spacial score (nSPS) is 11.8. The molecule has 2 heterocycles. The number of carbonyl (C=O) groups is 2. The van der Waals surface area contributed by atoms with E-state index in [2.05, 4.69) is 16.7 Å². The van der Waals surface area contributed by atoms with Gasteiger partial charge < -0.3 is 10.1 Å². The van der Waals surface area contributed by atoms with Crippen LogP contribution in [0.2, 0.25) is 0 Å². The Hall–Kier alpha value is -2.48. The Labute approximate surface area is 172 Å². The van der Waals surface area contributed by atoms with E-state index in [0.717, 1.165) is 20.9 Å². The molecule has 1 atom stereocenters. The fourth-order valence-corrected chi connectivity index (χ4v) is 4.80. The summed E-state index contributed by atoms with van der Waals surface area (Å²) in [7, 11) is 1.34. The second kappa shape index (κ2) is 9.14. The van der Waals surface area contributed by atoms with E-state index in [1.807, 2.05) is 55.6 Å². The van der Waals surface area contributed by atoms with Crippen LogP contribution in [-0.4, -0.2) is 25.5 Å². The molecule has 0 saturated carbocycles. The van der Waals surface area contributed by atoms with Crippen LogP contribution in [0.15, 0.2) is 47.8 Å². The predicted molar refractivity (Wildman–Crippen MR) is 114 cm³/mol. The molecular weight excluding hydrogens is 392 g/mol. The second-order valence-corrected chi connectivity index (χ2v) is 8.47. The Morgan fingerprint density at radius 1 is 1.11 bits per heavy atom. The third-order valence-electron chi connectivity index (χ3n) is 4.46. The van der Waals surface area contributed by atoms with Crippen molar-refractivity contribution >= 4 is 39.6 Å². The highest BCUT2D eigenvalue weighted by Crippen LogP contribution is 2.33. The number of ether oxygens (including phenoxy) is 1. The second-order valence-electron chi connectivity index (χ2n) is 6.27. The molecule has 0 fully saturated rings.